The molecule has 0 bridgehead atoms. The zero-order chi connectivity index (χ0) is 19.9. The van der Waals surface area contributed by atoms with E-state index >= 15 is 0 Å². The first-order valence-corrected chi connectivity index (χ1v) is 6.92. The SMILES string of the molecule is C=C(C)COc1cc(F)ccc1[N+](=O)[O-].O=[N+]([O-])c1ccc(F)cc1F. The molecule has 0 radical (unpaired) electrons. The van der Waals surface area contributed by atoms with Gasteiger partial charge >= 0.3 is 11.4 Å². The van der Waals surface area contributed by atoms with E-state index < -0.39 is 33.0 Å². The first kappa shape index (κ1) is 20.6. The molecule has 0 aromatic heterocycles. The summed E-state index contributed by atoms with van der Waals surface area (Å²) in [5.74, 6) is -2.64. The lowest BCUT2D eigenvalue weighted by molar-refractivity contribution is -0.387. The van der Waals surface area contributed by atoms with E-state index in [4.69, 9.17) is 4.74 Å². The molecule has 0 atom stereocenters. The fraction of sp³-hybridized carbons (Fsp3) is 0.125. The third kappa shape index (κ3) is 6.23. The molecule has 0 aliphatic rings. The van der Waals surface area contributed by atoms with Crippen LogP contribution in [0.15, 0.2) is 48.6 Å². The normalized spacial score (nSPS) is 9.69. The van der Waals surface area contributed by atoms with Gasteiger partial charge in [-0.3, -0.25) is 20.2 Å². The maximum absolute atomic E-state index is 12.8. The third-order valence-corrected chi connectivity index (χ3v) is 2.70. The average Bonchev–Trinajstić information content (AvgIpc) is 2.52. The van der Waals surface area contributed by atoms with Gasteiger partial charge in [0.15, 0.2) is 5.75 Å². The van der Waals surface area contributed by atoms with E-state index in [0.717, 1.165) is 30.3 Å². The highest BCUT2D eigenvalue weighted by Crippen LogP contribution is 2.27. The van der Waals surface area contributed by atoms with Gasteiger partial charge in [0.25, 0.3) is 0 Å². The predicted molar refractivity (Wildman–Crippen MR) is 86.4 cm³/mol. The summed E-state index contributed by atoms with van der Waals surface area (Å²) in [7, 11) is 0. The maximum atomic E-state index is 12.8. The monoisotopic (exact) mass is 370 g/mol. The summed E-state index contributed by atoms with van der Waals surface area (Å²) in [4.78, 5) is 19.0. The molecular weight excluding hydrogens is 357 g/mol. The number of hydrogen-bond donors (Lipinski definition) is 0. The number of nitro benzene ring substituents is 2. The number of benzene rings is 2. The number of nitro groups is 2. The van der Waals surface area contributed by atoms with E-state index in [1.54, 1.807) is 6.92 Å². The minimum Gasteiger partial charge on any atom is -0.482 e. The van der Waals surface area contributed by atoms with E-state index in [1.807, 2.05) is 0 Å². The van der Waals surface area contributed by atoms with Crippen LogP contribution >= 0.6 is 0 Å². The van der Waals surface area contributed by atoms with Crippen molar-refractivity contribution in [3.8, 4) is 5.75 Å². The van der Waals surface area contributed by atoms with Crippen molar-refractivity contribution >= 4 is 11.4 Å². The molecule has 26 heavy (non-hydrogen) atoms. The molecule has 0 heterocycles. The van der Waals surface area contributed by atoms with Gasteiger partial charge in [-0.15, -0.1) is 0 Å². The summed E-state index contributed by atoms with van der Waals surface area (Å²) in [5.41, 5.74) is -0.266. The van der Waals surface area contributed by atoms with Gasteiger partial charge < -0.3 is 4.74 Å². The maximum Gasteiger partial charge on any atom is 0.311 e. The number of nitrogens with zero attached hydrogens (tertiary/aromatic N) is 2. The van der Waals surface area contributed by atoms with Gasteiger partial charge in [0.05, 0.1) is 9.85 Å². The lowest BCUT2D eigenvalue weighted by Gasteiger charge is -2.05. The molecule has 2 aromatic rings. The summed E-state index contributed by atoms with van der Waals surface area (Å²) < 4.78 is 42.4. The Kier molecular flexibility index (Phi) is 7.26. The molecule has 0 fully saturated rings. The van der Waals surface area contributed by atoms with Crippen molar-refractivity contribution < 1.29 is 27.8 Å². The number of rotatable bonds is 5. The molecule has 2 rings (SSSR count). The van der Waals surface area contributed by atoms with E-state index in [9.17, 15) is 33.4 Å². The quantitative estimate of drug-likeness (QED) is 0.437. The smallest absolute Gasteiger partial charge is 0.311 e. The van der Waals surface area contributed by atoms with Crippen molar-refractivity contribution in [2.75, 3.05) is 6.61 Å². The van der Waals surface area contributed by atoms with Gasteiger partial charge in [-0.2, -0.15) is 4.39 Å². The molecule has 138 valence electrons. The predicted octanol–water partition coefficient (Wildman–Crippen LogP) is 4.56. The minimum absolute atomic E-state index is 0.0806. The molecule has 0 spiro atoms. The van der Waals surface area contributed by atoms with E-state index in [-0.39, 0.29) is 18.0 Å². The number of hydrogen-bond acceptors (Lipinski definition) is 5. The lowest BCUT2D eigenvalue weighted by atomic mass is 10.3. The molecular formula is C16H13F3N2O5. The Bertz CT molecular complexity index is 843. The molecule has 0 N–H and O–H groups in total. The van der Waals surface area contributed by atoms with E-state index in [1.165, 1.54) is 0 Å². The lowest BCUT2D eigenvalue weighted by Crippen LogP contribution is -2.01. The summed E-state index contributed by atoms with van der Waals surface area (Å²) >= 11 is 0. The Balaban J connectivity index is 0.000000273. The van der Waals surface area contributed by atoms with Crippen molar-refractivity contribution in [2.24, 2.45) is 0 Å². The molecule has 0 aliphatic heterocycles. The van der Waals surface area contributed by atoms with Crippen molar-refractivity contribution in [1.82, 2.24) is 0 Å². The zero-order valence-electron chi connectivity index (χ0n) is 13.4. The molecule has 0 saturated carbocycles. The van der Waals surface area contributed by atoms with Crippen molar-refractivity contribution in [3.05, 3.63) is 86.2 Å². The zero-order valence-corrected chi connectivity index (χ0v) is 13.4. The van der Waals surface area contributed by atoms with Crippen LogP contribution < -0.4 is 4.74 Å². The summed E-state index contributed by atoms with van der Waals surface area (Å²) in [5, 5.41) is 20.5. The summed E-state index contributed by atoms with van der Waals surface area (Å²) in [6, 6.07) is 5.17. The second-order valence-corrected chi connectivity index (χ2v) is 4.97. The molecule has 0 saturated heterocycles. The fourth-order valence-electron chi connectivity index (χ4n) is 1.58. The first-order valence-electron chi connectivity index (χ1n) is 6.92. The third-order valence-electron chi connectivity index (χ3n) is 2.70. The van der Waals surface area contributed by atoms with Crippen molar-refractivity contribution in [1.29, 1.82) is 0 Å². The fourth-order valence-corrected chi connectivity index (χ4v) is 1.58. The molecule has 0 amide bonds. The molecule has 0 aliphatic carbocycles. The van der Waals surface area contributed by atoms with Crippen LogP contribution in [0.3, 0.4) is 0 Å². The summed E-state index contributed by atoms with van der Waals surface area (Å²) in [6.45, 7) is 5.42. The van der Waals surface area contributed by atoms with Crippen LogP contribution in [0.25, 0.3) is 0 Å². The van der Waals surface area contributed by atoms with Gasteiger partial charge in [0, 0.05) is 24.3 Å². The number of ether oxygens (including phenoxy) is 1. The average molecular weight is 370 g/mol. The van der Waals surface area contributed by atoms with Crippen molar-refractivity contribution in [2.45, 2.75) is 6.92 Å². The van der Waals surface area contributed by atoms with Gasteiger partial charge in [-0.25, -0.2) is 8.78 Å². The summed E-state index contributed by atoms with van der Waals surface area (Å²) in [6.07, 6.45) is 0. The van der Waals surface area contributed by atoms with Crippen LogP contribution in [0.5, 0.6) is 5.75 Å². The Morgan fingerprint density at radius 3 is 1.96 bits per heavy atom. The Morgan fingerprint density at radius 2 is 1.50 bits per heavy atom. The van der Waals surface area contributed by atoms with Gasteiger partial charge in [-0.1, -0.05) is 6.58 Å². The van der Waals surface area contributed by atoms with E-state index in [0.29, 0.717) is 11.6 Å². The topological polar surface area (TPSA) is 95.5 Å². The highest BCUT2D eigenvalue weighted by atomic mass is 19.1. The second-order valence-electron chi connectivity index (χ2n) is 4.97. The first-order chi connectivity index (χ1) is 12.1. The number of halogens is 3. The van der Waals surface area contributed by atoms with Gasteiger partial charge in [-0.05, 0) is 24.6 Å². The molecule has 10 heteroatoms. The van der Waals surface area contributed by atoms with Crippen molar-refractivity contribution in [3.63, 3.8) is 0 Å². The van der Waals surface area contributed by atoms with Crippen LogP contribution in [0.4, 0.5) is 24.5 Å². The standard InChI is InChI=1S/C10H10FNO3.C6H3F2NO2/c1-7(2)6-15-10-5-8(11)3-4-9(10)12(13)14;7-4-1-2-6(9(10)11)5(8)3-4/h3-5H,1,6H2,2H3;1-3H. The molecule has 2 aromatic carbocycles. The Morgan fingerprint density at radius 1 is 1.00 bits per heavy atom. The van der Waals surface area contributed by atoms with Crippen LogP contribution in [-0.2, 0) is 0 Å². The van der Waals surface area contributed by atoms with Gasteiger partial charge in [0.1, 0.15) is 18.2 Å². The largest absolute Gasteiger partial charge is 0.482 e. The molecule has 7 nitrogen and oxygen atoms in total. The van der Waals surface area contributed by atoms with Crippen LogP contribution in [0.1, 0.15) is 6.92 Å². The Hall–Kier alpha value is -3.43. The highest BCUT2D eigenvalue weighted by molar-refractivity contribution is 5.46. The second kappa shape index (κ2) is 9.16. The van der Waals surface area contributed by atoms with Crippen LogP contribution in [-0.4, -0.2) is 16.5 Å². The van der Waals surface area contributed by atoms with Crippen LogP contribution in [0.2, 0.25) is 0 Å². The minimum atomic E-state index is -1.16. The highest BCUT2D eigenvalue weighted by Gasteiger charge is 2.15. The van der Waals surface area contributed by atoms with Gasteiger partial charge in [0.2, 0.25) is 5.82 Å². The molecule has 0 unspecified atom stereocenters. The Labute approximate surface area is 145 Å². The van der Waals surface area contributed by atoms with Crippen LogP contribution in [0, 0.1) is 37.7 Å². The van der Waals surface area contributed by atoms with E-state index in [2.05, 4.69) is 6.58 Å².